The highest BCUT2D eigenvalue weighted by atomic mass is 35.5. The second-order valence-corrected chi connectivity index (χ2v) is 5.22. The van der Waals surface area contributed by atoms with Crippen molar-refractivity contribution in [2.45, 2.75) is 6.42 Å². The molecule has 2 N–H and O–H groups in total. The molecular weight excluding hydrogens is 278 g/mol. The molecule has 0 spiro atoms. The number of rotatable bonds is 5. The predicted octanol–water partition coefficient (Wildman–Crippen LogP) is 0.431. The molecule has 1 aromatic carbocycles. The van der Waals surface area contributed by atoms with Crippen LogP contribution >= 0.6 is 11.6 Å². The summed E-state index contributed by atoms with van der Waals surface area (Å²) in [6.45, 7) is 2.48. The van der Waals surface area contributed by atoms with E-state index in [-0.39, 0.29) is 18.4 Å². The summed E-state index contributed by atoms with van der Waals surface area (Å²) in [4.78, 5) is 24.8. The average Bonchev–Trinajstić information content (AvgIpc) is 2.41. The lowest BCUT2D eigenvalue weighted by Gasteiger charge is -2.25. The van der Waals surface area contributed by atoms with E-state index in [1.807, 2.05) is 29.2 Å². The summed E-state index contributed by atoms with van der Waals surface area (Å²) in [6.07, 6.45) is 0.767. The topological polar surface area (TPSA) is 61.4 Å². The van der Waals surface area contributed by atoms with Gasteiger partial charge in [0.05, 0.1) is 13.1 Å². The normalized spacial score (nSPS) is 15.8. The third-order valence-electron chi connectivity index (χ3n) is 3.13. The van der Waals surface area contributed by atoms with Crippen LogP contribution in [-0.2, 0) is 16.0 Å². The number of benzene rings is 1. The first-order valence-corrected chi connectivity index (χ1v) is 7.01. The molecule has 2 rings (SSSR count). The fourth-order valence-electron chi connectivity index (χ4n) is 2.08. The zero-order valence-corrected chi connectivity index (χ0v) is 11.9. The van der Waals surface area contributed by atoms with Gasteiger partial charge in [-0.1, -0.05) is 23.7 Å². The van der Waals surface area contributed by atoms with Gasteiger partial charge in [-0.25, -0.2) is 0 Å². The van der Waals surface area contributed by atoms with Gasteiger partial charge in [0.1, 0.15) is 0 Å². The molecule has 1 aliphatic heterocycles. The molecule has 20 heavy (non-hydrogen) atoms. The average molecular weight is 296 g/mol. The molecule has 1 heterocycles. The third kappa shape index (κ3) is 4.83. The highest BCUT2D eigenvalue weighted by molar-refractivity contribution is 6.30. The molecule has 0 saturated carbocycles. The Hall–Kier alpha value is -1.59. The molecule has 1 fully saturated rings. The van der Waals surface area contributed by atoms with Crippen LogP contribution in [0.4, 0.5) is 0 Å². The first-order valence-electron chi connectivity index (χ1n) is 6.64. The van der Waals surface area contributed by atoms with Crippen LogP contribution in [-0.4, -0.2) is 49.4 Å². The van der Waals surface area contributed by atoms with E-state index in [1.54, 1.807) is 0 Å². The summed E-state index contributed by atoms with van der Waals surface area (Å²) in [7, 11) is 0. The minimum absolute atomic E-state index is 0.0229. The minimum Gasteiger partial charge on any atom is -0.355 e. The Bertz CT molecular complexity index is 476. The van der Waals surface area contributed by atoms with Gasteiger partial charge in [-0.2, -0.15) is 0 Å². The summed E-state index contributed by atoms with van der Waals surface area (Å²) >= 11 is 5.81. The molecule has 0 aliphatic carbocycles. The van der Waals surface area contributed by atoms with Gasteiger partial charge >= 0.3 is 0 Å². The van der Waals surface area contributed by atoms with Gasteiger partial charge in [0.2, 0.25) is 11.8 Å². The van der Waals surface area contributed by atoms with Gasteiger partial charge in [0.25, 0.3) is 0 Å². The molecule has 6 heteroatoms. The summed E-state index contributed by atoms with van der Waals surface area (Å²) in [5, 5.41) is 6.30. The van der Waals surface area contributed by atoms with E-state index in [9.17, 15) is 9.59 Å². The van der Waals surface area contributed by atoms with Crippen LogP contribution in [0.25, 0.3) is 0 Å². The second-order valence-electron chi connectivity index (χ2n) is 4.79. The number of carbonyl (C=O) groups is 2. The molecule has 0 bridgehead atoms. The Morgan fingerprint density at radius 2 is 2.10 bits per heavy atom. The molecule has 1 aromatic rings. The summed E-state index contributed by atoms with van der Waals surface area (Å²) in [5.74, 6) is -0.0705. The van der Waals surface area contributed by atoms with Crippen LogP contribution in [0.1, 0.15) is 5.56 Å². The number of hydrogen-bond donors (Lipinski definition) is 2. The van der Waals surface area contributed by atoms with Crippen LogP contribution in [0.3, 0.4) is 0 Å². The Morgan fingerprint density at radius 1 is 1.35 bits per heavy atom. The zero-order valence-electron chi connectivity index (χ0n) is 11.2. The number of carbonyl (C=O) groups excluding carboxylic acids is 2. The molecule has 1 saturated heterocycles. The first kappa shape index (κ1) is 14.8. The van der Waals surface area contributed by atoms with Gasteiger partial charge < -0.3 is 10.6 Å². The Balaban J connectivity index is 1.67. The van der Waals surface area contributed by atoms with Gasteiger partial charge in [0, 0.05) is 24.7 Å². The maximum atomic E-state index is 11.8. The van der Waals surface area contributed by atoms with E-state index in [0.717, 1.165) is 18.5 Å². The number of nitrogens with one attached hydrogen (secondary N) is 2. The van der Waals surface area contributed by atoms with Crippen molar-refractivity contribution >= 4 is 23.4 Å². The Labute approximate surface area is 123 Å². The van der Waals surface area contributed by atoms with E-state index in [0.29, 0.717) is 24.7 Å². The summed E-state index contributed by atoms with van der Waals surface area (Å²) < 4.78 is 0. The molecule has 1 aliphatic rings. The molecule has 108 valence electrons. The van der Waals surface area contributed by atoms with Crippen LogP contribution in [0.15, 0.2) is 24.3 Å². The molecule has 0 radical (unpaired) electrons. The number of nitrogens with zero attached hydrogens (tertiary/aromatic N) is 1. The van der Waals surface area contributed by atoms with Crippen molar-refractivity contribution in [3.05, 3.63) is 34.9 Å². The Morgan fingerprint density at radius 3 is 2.80 bits per heavy atom. The highest BCUT2D eigenvalue weighted by Crippen LogP contribution is 2.09. The quantitative estimate of drug-likeness (QED) is 0.828. The van der Waals surface area contributed by atoms with Crippen LogP contribution in [0.5, 0.6) is 0 Å². The number of amides is 2. The van der Waals surface area contributed by atoms with Crippen molar-refractivity contribution in [2.75, 3.05) is 32.7 Å². The van der Waals surface area contributed by atoms with Crippen molar-refractivity contribution < 1.29 is 9.59 Å². The molecule has 5 nitrogen and oxygen atoms in total. The van der Waals surface area contributed by atoms with Crippen LogP contribution in [0.2, 0.25) is 5.02 Å². The first-order chi connectivity index (χ1) is 9.63. The molecule has 0 unspecified atom stereocenters. The largest absolute Gasteiger partial charge is 0.355 e. The van der Waals surface area contributed by atoms with Crippen molar-refractivity contribution in [3.8, 4) is 0 Å². The van der Waals surface area contributed by atoms with E-state index >= 15 is 0 Å². The van der Waals surface area contributed by atoms with Crippen molar-refractivity contribution in [1.29, 1.82) is 0 Å². The number of halogens is 1. The van der Waals surface area contributed by atoms with E-state index < -0.39 is 0 Å². The van der Waals surface area contributed by atoms with Gasteiger partial charge in [-0.3, -0.25) is 14.5 Å². The monoisotopic (exact) mass is 295 g/mol. The fourth-order valence-corrected chi connectivity index (χ4v) is 2.21. The van der Waals surface area contributed by atoms with Gasteiger partial charge in [0.15, 0.2) is 0 Å². The summed E-state index contributed by atoms with van der Waals surface area (Å²) in [5.41, 5.74) is 1.13. The van der Waals surface area contributed by atoms with Crippen LogP contribution < -0.4 is 10.6 Å². The highest BCUT2D eigenvalue weighted by Gasteiger charge is 2.18. The smallest absolute Gasteiger partial charge is 0.234 e. The van der Waals surface area contributed by atoms with Gasteiger partial charge in [-0.05, 0) is 24.1 Å². The summed E-state index contributed by atoms with van der Waals surface area (Å²) in [6, 6.07) is 7.57. The second kappa shape index (κ2) is 7.26. The number of hydrogen-bond acceptors (Lipinski definition) is 3. The van der Waals surface area contributed by atoms with Crippen LogP contribution in [0, 0.1) is 0 Å². The van der Waals surface area contributed by atoms with E-state index in [4.69, 9.17) is 11.6 Å². The minimum atomic E-state index is -0.0475. The maximum Gasteiger partial charge on any atom is 0.234 e. The van der Waals surface area contributed by atoms with Crippen molar-refractivity contribution in [3.63, 3.8) is 0 Å². The Kier molecular flexibility index (Phi) is 5.38. The SMILES string of the molecule is O=C(CN1CCNC(=O)C1)NCCc1ccc(Cl)cc1. The third-order valence-corrected chi connectivity index (χ3v) is 3.39. The molecule has 0 atom stereocenters. The standard InChI is InChI=1S/C14H18ClN3O2/c15-12-3-1-11(2-4-12)5-6-16-13(19)9-18-8-7-17-14(20)10-18/h1-4H,5-10H2,(H,16,19)(H,17,20). The van der Waals surface area contributed by atoms with Crippen molar-refractivity contribution in [2.24, 2.45) is 0 Å². The zero-order chi connectivity index (χ0) is 14.4. The molecule has 0 aromatic heterocycles. The van der Waals surface area contributed by atoms with E-state index in [2.05, 4.69) is 10.6 Å². The van der Waals surface area contributed by atoms with E-state index in [1.165, 1.54) is 0 Å². The van der Waals surface area contributed by atoms with Crippen molar-refractivity contribution in [1.82, 2.24) is 15.5 Å². The lowest BCUT2D eigenvalue weighted by atomic mass is 10.1. The number of piperazine rings is 1. The predicted molar refractivity (Wildman–Crippen MR) is 77.6 cm³/mol. The molecule has 2 amide bonds. The lowest BCUT2D eigenvalue weighted by Crippen LogP contribution is -2.50. The lowest BCUT2D eigenvalue weighted by molar-refractivity contribution is -0.126. The van der Waals surface area contributed by atoms with Gasteiger partial charge in [-0.15, -0.1) is 0 Å². The maximum absolute atomic E-state index is 11.8. The molecular formula is C14H18ClN3O2. The fraction of sp³-hybridized carbons (Fsp3) is 0.429.